The molecule has 3 amide bonds. The maximum Gasteiger partial charge on any atom is 0.289 e. The molecule has 2 aliphatic heterocycles. The largest absolute Gasteiger partial charge is 0.482 e. The molecule has 0 unspecified atom stereocenters. The number of likely N-dealkylation sites (N-methyl/N-ethyl adjacent to an activating group) is 1. The molecule has 162 valence electrons. The molecular formula is C22H23N3O6. The number of carbonyl (C=O) groups is 4. The number of anilines is 1. The van der Waals surface area contributed by atoms with Crippen LogP contribution in [0.2, 0.25) is 0 Å². The smallest absolute Gasteiger partial charge is 0.289 e. The number of Topliss-reactive ketones (excluding diaryl/α,β-unsaturated/α-hetero) is 1. The second kappa shape index (κ2) is 8.63. The molecule has 3 heterocycles. The van der Waals surface area contributed by atoms with Crippen LogP contribution in [0.5, 0.6) is 5.75 Å². The summed E-state index contributed by atoms with van der Waals surface area (Å²) < 4.78 is 10.4. The van der Waals surface area contributed by atoms with Gasteiger partial charge in [-0.05, 0) is 43.2 Å². The normalized spacial score (nSPS) is 16.2. The molecule has 0 atom stereocenters. The van der Waals surface area contributed by atoms with Gasteiger partial charge >= 0.3 is 0 Å². The van der Waals surface area contributed by atoms with Crippen LogP contribution in [-0.2, 0) is 9.59 Å². The summed E-state index contributed by atoms with van der Waals surface area (Å²) in [6, 6.07) is 8.20. The Hall–Kier alpha value is -3.62. The molecule has 0 spiro atoms. The Kier molecular flexibility index (Phi) is 5.75. The highest BCUT2D eigenvalue weighted by Crippen LogP contribution is 2.30. The molecule has 0 saturated carbocycles. The molecule has 2 aliphatic rings. The van der Waals surface area contributed by atoms with Crippen molar-refractivity contribution in [3.8, 4) is 5.75 Å². The van der Waals surface area contributed by atoms with Crippen LogP contribution in [0.1, 0.15) is 33.8 Å². The Bertz CT molecular complexity index is 1010. The first-order valence-corrected chi connectivity index (χ1v) is 10.1. The van der Waals surface area contributed by atoms with Crippen LogP contribution in [-0.4, -0.2) is 66.6 Å². The fourth-order valence-corrected chi connectivity index (χ4v) is 3.83. The highest BCUT2D eigenvalue weighted by atomic mass is 16.5. The van der Waals surface area contributed by atoms with Crippen LogP contribution in [0.15, 0.2) is 41.0 Å². The first-order valence-electron chi connectivity index (χ1n) is 10.1. The van der Waals surface area contributed by atoms with E-state index < -0.39 is 0 Å². The molecule has 0 bridgehead atoms. The zero-order valence-corrected chi connectivity index (χ0v) is 17.1. The summed E-state index contributed by atoms with van der Waals surface area (Å²) in [7, 11) is 1.55. The van der Waals surface area contributed by atoms with Crippen molar-refractivity contribution in [3.63, 3.8) is 0 Å². The number of ketones is 1. The lowest BCUT2D eigenvalue weighted by atomic mass is 9.88. The number of nitrogens with zero attached hydrogens (tertiary/aromatic N) is 2. The average Bonchev–Trinajstić information content (AvgIpc) is 3.32. The third kappa shape index (κ3) is 4.45. The summed E-state index contributed by atoms with van der Waals surface area (Å²) in [5, 5.41) is 2.71. The second-order valence-corrected chi connectivity index (χ2v) is 7.71. The molecule has 2 aromatic rings. The monoisotopic (exact) mass is 425 g/mol. The van der Waals surface area contributed by atoms with E-state index in [1.165, 1.54) is 11.2 Å². The van der Waals surface area contributed by atoms with E-state index in [4.69, 9.17) is 9.15 Å². The molecule has 4 rings (SSSR count). The van der Waals surface area contributed by atoms with Crippen LogP contribution < -0.4 is 10.1 Å². The number of likely N-dealkylation sites (tertiary alicyclic amines) is 1. The Morgan fingerprint density at radius 1 is 1.19 bits per heavy atom. The van der Waals surface area contributed by atoms with Gasteiger partial charge in [-0.1, -0.05) is 0 Å². The highest BCUT2D eigenvalue weighted by Gasteiger charge is 2.30. The highest BCUT2D eigenvalue weighted by molar-refractivity contribution is 6.02. The minimum absolute atomic E-state index is 0.0140. The second-order valence-electron chi connectivity index (χ2n) is 7.71. The summed E-state index contributed by atoms with van der Waals surface area (Å²) in [5.74, 6) is -0.256. The Balaban J connectivity index is 1.31. The number of fused-ring (bicyclic) bond motifs is 1. The maximum absolute atomic E-state index is 12.9. The Morgan fingerprint density at radius 2 is 1.97 bits per heavy atom. The van der Waals surface area contributed by atoms with E-state index in [2.05, 4.69) is 5.32 Å². The van der Waals surface area contributed by atoms with Crippen molar-refractivity contribution < 1.29 is 28.3 Å². The molecule has 0 aliphatic carbocycles. The SMILES string of the molecule is CN(CC(=O)N1CCC(C(=O)c2ccc3c(c2)NC(=O)CO3)CC1)C(=O)c1ccco1. The van der Waals surface area contributed by atoms with E-state index >= 15 is 0 Å². The fourth-order valence-electron chi connectivity index (χ4n) is 3.83. The summed E-state index contributed by atoms with van der Waals surface area (Å²) in [6.07, 6.45) is 2.49. The van der Waals surface area contributed by atoms with Gasteiger partial charge in [0.1, 0.15) is 5.75 Å². The molecule has 1 fully saturated rings. The van der Waals surface area contributed by atoms with Crippen molar-refractivity contribution in [1.29, 1.82) is 0 Å². The van der Waals surface area contributed by atoms with Gasteiger partial charge in [-0.15, -0.1) is 0 Å². The van der Waals surface area contributed by atoms with Gasteiger partial charge in [-0.25, -0.2) is 0 Å². The number of hydrogen-bond donors (Lipinski definition) is 1. The standard InChI is InChI=1S/C22H23N3O6/c1-24(22(29)18-3-2-10-30-18)12-20(27)25-8-6-14(7-9-25)21(28)15-4-5-17-16(11-15)23-19(26)13-31-17/h2-5,10-11,14H,6-9,12-13H2,1H3,(H,23,26). The molecule has 0 radical (unpaired) electrons. The number of hydrogen-bond acceptors (Lipinski definition) is 6. The van der Waals surface area contributed by atoms with E-state index in [1.54, 1.807) is 42.3 Å². The number of ether oxygens (including phenoxy) is 1. The lowest BCUT2D eigenvalue weighted by Crippen LogP contribution is -2.45. The van der Waals surface area contributed by atoms with E-state index in [1.807, 2.05) is 0 Å². The zero-order valence-electron chi connectivity index (χ0n) is 17.1. The van der Waals surface area contributed by atoms with Crippen molar-refractivity contribution in [2.24, 2.45) is 5.92 Å². The lowest BCUT2D eigenvalue weighted by molar-refractivity contribution is -0.132. The van der Waals surface area contributed by atoms with Gasteiger partial charge < -0.3 is 24.3 Å². The van der Waals surface area contributed by atoms with Crippen LogP contribution >= 0.6 is 0 Å². The number of benzene rings is 1. The van der Waals surface area contributed by atoms with E-state index in [9.17, 15) is 19.2 Å². The molecule has 1 aromatic carbocycles. The average molecular weight is 425 g/mol. The number of furan rings is 1. The summed E-state index contributed by atoms with van der Waals surface area (Å²) >= 11 is 0. The molecule has 1 aromatic heterocycles. The number of rotatable bonds is 5. The van der Waals surface area contributed by atoms with Gasteiger partial charge in [0, 0.05) is 31.6 Å². The topological polar surface area (TPSA) is 109 Å². The molecule has 1 saturated heterocycles. The minimum atomic E-state index is -0.355. The van der Waals surface area contributed by atoms with Gasteiger partial charge in [-0.3, -0.25) is 19.2 Å². The molecule has 9 heteroatoms. The number of piperidine rings is 1. The zero-order chi connectivity index (χ0) is 22.0. The number of carbonyl (C=O) groups excluding carboxylic acids is 4. The van der Waals surface area contributed by atoms with Crippen LogP contribution in [0.25, 0.3) is 0 Å². The van der Waals surface area contributed by atoms with Crippen molar-refractivity contribution in [2.75, 3.05) is 38.6 Å². The van der Waals surface area contributed by atoms with Gasteiger partial charge in [0.25, 0.3) is 11.8 Å². The summed E-state index contributed by atoms with van der Waals surface area (Å²) in [6.45, 7) is 0.809. The van der Waals surface area contributed by atoms with Crippen LogP contribution in [0.3, 0.4) is 0 Å². The van der Waals surface area contributed by atoms with Crippen molar-refractivity contribution in [3.05, 3.63) is 47.9 Å². The van der Waals surface area contributed by atoms with Crippen molar-refractivity contribution in [1.82, 2.24) is 9.80 Å². The van der Waals surface area contributed by atoms with Gasteiger partial charge in [0.15, 0.2) is 18.2 Å². The van der Waals surface area contributed by atoms with Gasteiger partial charge in [0.2, 0.25) is 5.91 Å². The maximum atomic E-state index is 12.9. The molecule has 9 nitrogen and oxygen atoms in total. The third-order valence-corrected chi connectivity index (χ3v) is 5.57. The van der Waals surface area contributed by atoms with E-state index in [0.717, 1.165) is 0 Å². The first-order chi connectivity index (χ1) is 14.9. The first kappa shape index (κ1) is 20.6. The quantitative estimate of drug-likeness (QED) is 0.732. The Labute approximate surface area is 178 Å². The Morgan fingerprint density at radius 3 is 2.68 bits per heavy atom. The minimum Gasteiger partial charge on any atom is -0.482 e. The molecular weight excluding hydrogens is 402 g/mol. The predicted octanol–water partition coefficient (Wildman–Crippen LogP) is 1.80. The van der Waals surface area contributed by atoms with Gasteiger partial charge in [-0.2, -0.15) is 0 Å². The molecule has 31 heavy (non-hydrogen) atoms. The van der Waals surface area contributed by atoms with Crippen LogP contribution in [0, 0.1) is 5.92 Å². The lowest BCUT2D eigenvalue weighted by Gasteiger charge is -2.32. The summed E-state index contributed by atoms with van der Waals surface area (Å²) in [5.41, 5.74) is 1.01. The van der Waals surface area contributed by atoms with Crippen LogP contribution in [0.4, 0.5) is 5.69 Å². The predicted molar refractivity (Wildman–Crippen MR) is 110 cm³/mol. The van der Waals surface area contributed by atoms with Crippen molar-refractivity contribution in [2.45, 2.75) is 12.8 Å². The number of nitrogens with one attached hydrogen (secondary N) is 1. The molecule has 1 N–H and O–H groups in total. The summed E-state index contributed by atoms with van der Waals surface area (Å²) in [4.78, 5) is 52.2. The van der Waals surface area contributed by atoms with E-state index in [0.29, 0.717) is 42.9 Å². The number of amides is 3. The third-order valence-electron chi connectivity index (χ3n) is 5.57. The fraction of sp³-hybridized carbons (Fsp3) is 0.364. The van der Waals surface area contributed by atoms with Crippen molar-refractivity contribution >= 4 is 29.2 Å². The van der Waals surface area contributed by atoms with E-state index in [-0.39, 0.29) is 48.3 Å². The van der Waals surface area contributed by atoms with Gasteiger partial charge in [0.05, 0.1) is 18.5 Å².